The third kappa shape index (κ3) is 4.73. The van der Waals surface area contributed by atoms with E-state index in [2.05, 4.69) is 0 Å². The second-order valence-corrected chi connectivity index (χ2v) is 7.39. The fourth-order valence-corrected chi connectivity index (χ4v) is 3.73. The number of halogens is 2. The number of carbonyl (C=O) groups excluding carboxylic acids is 1. The standard InChI is InChI=1S/C22H16ClN2OS.BrH/c23-19-10-8-16(9-11-19)20-15-27-22(24-20)18-7-4-12-25(13-18)14-21(26)17-5-2-1-3-6-17;/h1-13,15H,14H2;1H/q+1;. The highest BCUT2D eigenvalue weighted by atomic mass is 79.9. The molecule has 28 heavy (non-hydrogen) atoms. The minimum absolute atomic E-state index is 0. The molecule has 0 aliphatic carbocycles. The van der Waals surface area contributed by atoms with Crippen LogP contribution in [0.1, 0.15) is 10.4 Å². The van der Waals surface area contributed by atoms with Gasteiger partial charge in [0.05, 0.1) is 11.3 Å². The van der Waals surface area contributed by atoms with E-state index >= 15 is 0 Å². The van der Waals surface area contributed by atoms with Crippen LogP contribution in [0.3, 0.4) is 0 Å². The van der Waals surface area contributed by atoms with Gasteiger partial charge in [-0.25, -0.2) is 4.98 Å². The molecule has 0 aliphatic heterocycles. The van der Waals surface area contributed by atoms with Crippen LogP contribution in [0.4, 0.5) is 0 Å². The van der Waals surface area contributed by atoms with Gasteiger partial charge in [-0.2, -0.15) is 4.57 Å². The summed E-state index contributed by atoms with van der Waals surface area (Å²) in [5.41, 5.74) is 3.66. The third-order valence-corrected chi connectivity index (χ3v) is 5.31. The quantitative estimate of drug-likeness (QED) is 0.268. The minimum Gasteiger partial charge on any atom is -0.287 e. The molecule has 0 spiro atoms. The van der Waals surface area contributed by atoms with Crippen molar-refractivity contribution in [3.05, 3.63) is 95.1 Å². The van der Waals surface area contributed by atoms with E-state index in [1.54, 1.807) is 11.3 Å². The van der Waals surface area contributed by atoms with Crippen LogP contribution in [0, 0.1) is 0 Å². The zero-order valence-corrected chi connectivity index (χ0v) is 18.1. The predicted molar refractivity (Wildman–Crippen MR) is 119 cm³/mol. The van der Waals surface area contributed by atoms with Crippen molar-refractivity contribution in [2.45, 2.75) is 6.54 Å². The molecule has 140 valence electrons. The van der Waals surface area contributed by atoms with Crippen LogP contribution in [0.25, 0.3) is 21.8 Å². The summed E-state index contributed by atoms with van der Waals surface area (Å²) in [6, 6.07) is 20.9. The van der Waals surface area contributed by atoms with E-state index in [9.17, 15) is 4.79 Å². The molecule has 4 aromatic rings. The molecule has 0 aliphatic rings. The molecule has 0 saturated heterocycles. The number of carbonyl (C=O) groups is 1. The van der Waals surface area contributed by atoms with Crippen LogP contribution < -0.4 is 4.57 Å². The van der Waals surface area contributed by atoms with E-state index in [4.69, 9.17) is 16.6 Å². The monoisotopic (exact) mass is 471 g/mol. The van der Waals surface area contributed by atoms with Crippen molar-refractivity contribution < 1.29 is 9.36 Å². The minimum atomic E-state index is 0. The van der Waals surface area contributed by atoms with Gasteiger partial charge in [0.25, 0.3) is 0 Å². The van der Waals surface area contributed by atoms with E-state index in [-0.39, 0.29) is 22.8 Å². The molecule has 3 nitrogen and oxygen atoms in total. The second-order valence-electron chi connectivity index (χ2n) is 6.10. The lowest BCUT2D eigenvalue weighted by Crippen LogP contribution is -2.37. The molecule has 2 aromatic carbocycles. The van der Waals surface area contributed by atoms with Gasteiger partial charge >= 0.3 is 0 Å². The molecule has 0 fully saturated rings. The Morgan fingerprint density at radius 2 is 1.71 bits per heavy atom. The van der Waals surface area contributed by atoms with Gasteiger partial charge in [0, 0.05) is 27.6 Å². The highest BCUT2D eigenvalue weighted by molar-refractivity contribution is 8.93. The van der Waals surface area contributed by atoms with Crippen LogP contribution in [0.5, 0.6) is 0 Å². The summed E-state index contributed by atoms with van der Waals surface area (Å²) < 4.78 is 1.90. The maximum Gasteiger partial charge on any atom is 0.227 e. The van der Waals surface area contributed by atoms with Crippen molar-refractivity contribution >= 4 is 45.7 Å². The number of hydrogen-bond donors (Lipinski definition) is 0. The summed E-state index contributed by atoms with van der Waals surface area (Å²) in [5.74, 6) is 0.0822. The third-order valence-electron chi connectivity index (χ3n) is 4.17. The lowest BCUT2D eigenvalue weighted by atomic mass is 10.1. The van der Waals surface area contributed by atoms with Gasteiger partial charge in [0.1, 0.15) is 5.01 Å². The summed E-state index contributed by atoms with van der Waals surface area (Å²) in [5, 5.41) is 3.66. The number of aromatic nitrogens is 2. The smallest absolute Gasteiger partial charge is 0.227 e. The van der Waals surface area contributed by atoms with Crippen molar-refractivity contribution in [1.29, 1.82) is 0 Å². The first kappa shape index (κ1) is 20.4. The van der Waals surface area contributed by atoms with Crippen molar-refractivity contribution in [2.24, 2.45) is 0 Å². The van der Waals surface area contributed by atoms with E-state index in [1.165, 1.54) is 0 Å². The number of Topliss-reactive ketones (excluding diaryl/α,β-unsaturated/α-hetero) is 1. The number of rotatable bonds is 5. The molecular weight excluding hydrogens is 456 g/mol. The molecule has 2 aromatic heterocycles. The number of hydrogen-bond acceptors (Lipinski definition) is 3. The summed E-state index contributed by atoms with van der Waals surface area (Å²) in [6.07, 6.45) is 3.86. The molecule has 4 rings (SSSR count). The normalized spacial score (nSPS) is 10.3. The fourth-order valence-electron chi connectivity index (χ4n) is 2.79. The van der Waals surface area contributed by atoms with Crippen LogP contribution >= 0.6 is 39.9 Å². The Labute approximate surface area is 183 Å². The van der Waals surface area contributed by atoms with Gasteiger partial charge in [0.2, 0.25) is 12.3 Å². The highest BCUT2D eigenvalue weighted by Gasteiger charge is 2.14. The number of benzene rings is 2. The molecule has 0 atom stereocenters. The highest BCUT2D eigenvalue weighted by Crippen LogP contribution is 2.28. The summed E-state index contributed by atoms with van der Waals surface area (Å²) in [7, 11) is 0. The van der Waals surface area contributed by atoms with Crippen molar-refractivity contribution in [2.75, 3.05) is 0 Å². The van der Waals surface area contributed by atoms with Gasteiger partial charge in [-0.1, -0.05) is 54.1 Å². The first-order valence-electron chi connectivity index (χ1n) is 8.48. The van der Waals surface area contributed by atoms with Gasteiger partial charge in [0.15, 0.2) is 12.4 Å². The van der Waals surface area contributed by atoms with Gasteiger partial charge in [-0.3, -0.25) is 4.79 Å². The average molecular weight is 473 g/mol. The zero-order valence-electron chi connectivity index (χ0n) is 14.8. The number of ketones is 1. The number of pyridine rings is 1. The average Bonchev–Trinajstić information content (AvgIpc) is 3.20. The van der Waals surface area contributed by atoms with Crippen LogP contribution in [0.15, 0.2) is 84.5 Å². The molecule has 0 N–H and O–H groups in total. The van der Waals surface area contributed by atoms with E-state index in [0.29, 0.717) is 11.6 Å². The molecular formula is C22H17BrClN2OS+. The Morgan fingerprint density at radius 3 is 2.46 bits per heavy atom. The Morgan fingerprint density at radius 1 is 0.964 bits per heavy atom. The number of thiazole rings is 1. The summed E-state index contributed by atoms with van der Waals surface area (Å²) in [6.45, 7) is 0.299. The van der Waals surface area contributed by atoms with Crippen LogP contribution in [-0.4, -0.2) is 10.8 Å². The van der Waals surface area contributed by atoms with E-state index < -0.39 is 0 Å². The largest absolute Gasteiger partial charge is 0.287 e. The Balaban J connectivity index is 0.00000225. The molecule has 0 unspecified atom stereocenters. The zero-order chi connectivity index (χ0) is 18.6. The maximum atomic E-state index is 12.4. The van der Waals surface area contributed by atoms with Crippen molar-refractivity contribution in [3.63, 3.8) is 0 Å². The van der Waals surface area contributed by atoms with E-state index in [1.807, 2.05) is 89.1 Å². The number of nitrogens with zero attached hydrogens (tertiary/aromatic N) is 2. The summed E-state index contributed by atoms with van der Waals surface area (Å²) >= 11 is 7.54. The van der Waals surface area contributed by atoms with Gasteiger partial charge in [-0.15, -0.1) is 28.3 Å². The fraction of sp³-hybridized carbons (Fsp3) is 0.0455. The van der Waals surface area contributed by atoms with Crippen molar-refractivity contribution in [3.8, 4) is 21.8 Å². The first-order chi connectivity index (χ1) is 13.2. The Kier molecular flexibility index (Phi) is 6.73. The molecule has 2 heterocycles. The maximum absolute atomic E-state index is 12.4. The van der Waals surface area contributed by atoms with Crippen LogP contribution in [0.2, 0.25) is 5.02 Å². The molecule has 0 amide bonds. The SMILES string of the molecule is Br.O=C(C[n+]1cccc(-c2nc(-c3ccc(Cl)cc3)cs2)c1)c1ccccc1. The van der Waals surface area contributed by atoms with E-state index in [0.717, 1.165) is 27.4 Å². The molecule has 6 heteroatoms. The molecule has 0 bridgehead atoms. The Bertz CT molecular complexity index is 1080. The second kappa shape index (κ2) is 9.24. The Hall–Kier alpha value is -2.34. The van der Waals surface area contributed by atoms with Gasteiger partial charge < -0.3 is 0 Å². The lowest BCUT2D eigenvalue weighted by Gasteiger charge is -2.00. The predicted octanol–water partition coefficient (Wildman–Crippen LogP) is 5.88. The van der Waals surface area contributed by atoms with Crippen LogP contribution in [-0.2, 0) is 6.54 Å². The first-order valence-corrected chi connectivity index (χ1v) is 9.74. The molecule has 0 radical (unpaired) electrons. The van der Waals surface area contributed by atoms with Crippen molar-refractivity contribution in [1.82, 2.24) is 4.98 Å². The molecule has 0 saturated carbocycles. The topological polar surface area (TPSA) is 33.8 Å². The lowest BCUT2D eigenvalue weighted by molar-refractivity contribution is -0.682. The summed E-state index contributed by atoms with van der Waals surface area (Å²) in [4.78, 5) is 17.2. The van der Waals surface area contributed by atoms with Gasteiger partial charge in [-0.05, 0) is 18.2 Å².